The van der Waals surface area contributed by atoms with E-state index in [4.69, 9.17) is 11.5 Å². The summed E-state index contributed by atoms with van der Waals surface area (Å²) in [5.74, 6) is 0.873. The van der Waals surface area contributed by atoms with E-state index >= 15 is 0 Å². The second kappa shape index (κ2) is 6.02. The fourth-order valence-electron chi connectivity index (χ4n) is 2.06. The molecular formula is C14H24N2. The Hall–Kier alpha value is -0.860. The average Bonchev–Trinajstić information content (AvgIpc) is 2.29. The highest BCUT2D eigenvalue weighted by molar-refractivity contribution is 5.25. The van der Waals surface area contributed by atoms with Crippen molar-refractivity contribution in [1.82, 2.24) is 0 Å². The van der Waals surface area contributed by atoms with E-state index in [9.17, 15) is 0 Å². The zero-order valence-electron chi connectivity index (χ0n) is 10.6. The van der Waals surface area contributed by atoms with Crippen LogP contribution < -0.4 is 11.5 Å². The van der Waals surface area contributed by atoms with Crippen LogP contribution in [0.25, 0.3) is 0 Å². The van der Waals surface area contributed by atoms with E-state index in [0.717, 1.165) is 6.42 Å². The minimum Gasteiger partial charge on any atom is -0.330 e. The molecule has 0 fully saturated rings. The average molecular weight is 220 g/mol. The van der Waals surface area contributed by atoms with Crippen molar-refractivity contribution in [2.75, 3.05) is 6.54 Å². The molecule has 0 saturated heterocycles. The molecule has 0 bridgehead atoms. The molecule has 1 rings (SSSR count). The zero-order valence-corrected chi connectivity index (χ0v) is 10.6. The van der Waals surface area contributed by atoms with Gasteiger partial charge in [0, 0.05) is 6.04 Å². The van der Waals surface area contributed by atoms with Gasteiger partial charge in [-0.1, -0.05) is 45.0 Å². The van der Waals surface area contributed by atoms with E-state index in [-0.39, 0.29) is 6.04 Å². The van der Waals surface area contributed by atoms with Gasteiger partial charge in [-0.05, 0) is 35.9 Å². The number of benzene rings is 1. The lowest BCUT2D eigenvalue weighted by atomic mass is 9.85. The van der Waals surface area contributed by atoms with Crippen LogP contribution in [0.15, 0.2) is 24.3 Å². The van der Waals surface area contributed by atoms with Crippen molar-refractivity contribution in [1.29, 1.82) is 0 Å². The first-order valence-electron chi connectivity index (χ1n) is 6.14. The number of aryl methyl sites for hydroxylation is 1. The van der Waals surface area contributed by atoms with Crippen LogP contribution in [0.3, 0.4) is 0 Å². The van der Waals surface area contributed by atoms with Crippen LogP contribution in [0.4, 0.5) is 0 Å². The largest absolute Gasteiger partial charge is 0.330 e. The Kier molecular flexibility index (Phi) is 4.97. The van der Waals surface area contributed by atoms with Crippen LogP contribution in [0.2, 0.25) is 0 Å². The first kappa shape index (κ1) is 13.2. The maximum absolute atomic E-state index is 6.26. The third kappa shape index (κ3) is 3.06. The standard InChI is InChI=1S/C14H24N2/c1-4-11-5-7-12(8-6-11)14(16)13(9-15)10(2)3/h5-8,10,13-14H,4,9,15-16H2,1-3H3. The highest BCUT2D eigenvalue weighted by Crippen LogP contribution is 2.25. The SMILES string of the molecule is CCc1ccc(C(N)C(CN)C(C)C)cc1. The Morgan fingerprint density at radius 2 is 1.69 bits per heavy atom. The summed E-state index contributed by atoms with van der Waals surface area (Å²) in [6.07, 6.45) is 1.07. The second-order valence-corrected chi connectivity index (χ2v) is 4.76. The molecule has 1 aromatic rings. The molecule has 0 heterocycles. The summed E-state index contributed by atoms with van der Waals surface area (Å²) in [5.41, 5.74) is 14.6. The fourth-order valence-corrected chi connectivity index (χ4v) is 2.06. The van der Waals surface area contributed by atoms with Crippen molar-refractivity contribution in [2.45, 2.75) is 33.2 Å². The molecular weight excluding hydrogens is 196 g/mol. The summed E-state index contributed by atoms with van der Waals surface area (Å²) in [4.78, 5) is 0. The molecule has 0 aliphatic heterocycles. The predicted octanol–water partition coefficient (Wildman–Crippen LogP) is 2.48. The molecule has 2 unspecified atom stereocenters. The molecule has 4 N–H and O–H groups in total. The lowest BCUT2D eigenvalue weighted by Gasteiger charge is -2.26. The summed E-state index contributed by atoms with van der Waals surface area (Å²) < 4.78 is 0. The van der Waals surface area contributed by atoms with Gasteiger partial charge in [-0.3, -0.25) is 0 Å². The van der Waals surface area contributed by atoms with E-state index in [0.29, 0.717) is 18.4 Å². The molecule has 2 atom stereocenters. The molecule has 0 radical (unpaired) electrons. The van der Waals surface area contributed by atoms with E-state index < -0.39 is 0 Å². The third-order valence-corrected chi connectivity index (χ3v) is 3.36. The maximum atomic E-state index is 6.26. The summed E-state index contributed by atoms with van der Waals surface area (Å²) in [5, 5.41) is 0. The van der Waals surface area contributed by atoms with Gasteiger partial charge in [0.05, 0.1) is 0 Å². The Balaban J connectivity index is 2.82. The van der Waals surface area contributed by atoms with Crippen molar-refractivity contribution >= 4 is 0 Å². The van der Waals surface area contributed by atoms with Gasteiger partial charge in [0.25, 0.3) is 0 Å². The molecule has 0 saturated carbocycles. The topological polar surface area (TPSA) is 52.0 Å². The predicted molar refractivity (Wildman–Crippen MR) is 70.1 cm³/mol. The highest BCUT2D eigenvalue weighted by atomic mass is 14.7. The number of hydrogen-bond donors (Lipinski definition) is 2. The lowest BCUT2D eigenvalue weighted by molar-refractivity contribution is 0.331. The molecule has 1 aromatic carbocycles. The molecule has 0 aromatic heterocycles. The number of rotatable bonds is 5. The van der Waals surface area contributed by atoms with Crippen molar-refractivity contribution < 1.29 is 0 Å². The third-order valence-electron chi connectivity index (χ3n) is 3.36. The quantitative estimate of drug-likeness (QED) is 0.801. The second-order valence-electron chi connectivity index (χ2n) is 4.76. The van der Waals surface area contributed by atoms with Gasteiger partial charge in [0.2, 0.25) is 0 Å². The van der Waals surface area contributed by atoms with Crippen molar-refractivity contribution in [2.24, 2.45) is 23.3 Å². The van der Waals surface area contributed by atoms with E-state index in [1.54, 1.807) is 0 Å². The van der Waals surface area contributed by atoms with Crippen LogP contribution >= 0.6 is 0 Å². The van der Waals surface area contributed by atoms with Gasteiger partial charge in [0.1, 0.15) is 0 Å². The van der Waals surface area contributed by atoms with Crippen molar-refractivity contribution in [3.05, 3.63) is 35.4 Å². The molecule has 2 nitrogen and oxygen atoms in total. The zero-order chi connectivity index (χ0) is 12.1. The first-order chi connectivity index (χ1) is 7.60. The Morgan fingerprint density at radius 3 is 2.06 bits per heavy atom. The summed E-state index contributed by atoms with van der Waals surface area (Å²) >= 11 is 0. The van der Waals surface area contributed by atoms with Crippen molar-refractivity contribution in [3.63, 3.8) is 0 Å². The van der Waals surface area contributed by atoms with Gasteiger partial charge >= 0.3 is 0 Å². The van der Waals surface area contributed by atoms with E-state index in [1.165, 1.54) is 11.1 Å². The monoisotopic (exact) mass is 220 g/mol. The van der Waals surface area contributed by atoms with Crippen LogP contribution in [-0.4, -0.2) is 6.54 Å². The van der Waals surface area contributed by atoms with Crippen LogP contribution in [-0.2, 0) is 6.42 Å². The maximum Gasteiger partial charge on any atom is 0.0338 e. The summed E-state index contributed by atoms with van der Waals surface area (Å²) in [7, 11) is 0. The minimum absolute atomic E-state index is 0.0518. The molecule has 16 heavy (non-hydrogen) atoms. The number of nitrogens with two attached hydrogens (primary N) is 2. The van der Waals surface area contributed by atoms with Gasteiger partial charge in [0.15, 0.2) is 0 Å². The minimum atomic E-state index is 0.0518. The van der Waals surface area contributed by atoms with Gasteiger partial charge < -0.3 is 11.5 Å². The summed E-state index contributed by atoms with van der Waals surface area (Å²) in [6.45, 7) is 7.16. The Bertz CT molecular complexity index is 303. The molecule has 90 valence electrons. The van der Waals surface area contributed by atoms with Crippen LogP contribution in [0.1, 0.15) is 37.9 Å². The summed E-state index contributed by atoms with van der Waals surface area (Å²) in [6, 6.07) is 8.63. The Morgan fingerprint density at radius 1 is 1.12 bits per heavy atom. The van der Waals surface area contributed by atoms with Crippen LogP contribution in [0, 0.1) is 11.8 Å². The van der Waals surface area contributed by atoms with E-state index in [2.05, 4.69) is 45.0 Å². The lowest BCUT2D eigenvalue weighted by Crippen LogP contribution is -2.31. The molecule has 0 aliphatic carbocycles. The number of hydrogen-bond acceptors (Lipinski definition) is 2. The Labute approximate surface area is 99.0 Å². The normalized spacial score (nSPS) is 15.1. The van der Waals surface area contributed by atoms with Gasteiger partial charge in [-0.2, -0.15) is 0 Å². The fraction of sp³-hybridized carbons (Fsp3) is 0.571. The smallest absolute Gasteiger partial charge is 0.0338 e. The van der Waals surface area contributed by atoms with Crippen LogP contribution in [0.5, 0.6) is 0 Å². The first-order valence-corrected chi connectivity index (χ1v) is 6.14. The highest BCUT2D eigenvalue weighted by Gasteiger charge is 2.21. The molecule has 2 heteroatoms. The molecule has 0 amide bonds. The molecule has 0 spiro atoms. The molecule has 0 aliphatic rings. The van der Waals surface area contributed by atoms with Gasteiger partial charge in [-0.25, -0.2) is 0 Å². The van der Waals surface area contributed by atoms with Gasteiger partial charge in [-0.15, -0.1) is 0 Å². The van der Waals surface area contributed by atoms with E-state index in [1.807, 2.05) is 0 Å². The van der Waals surface area contributed by atoms with Crippen molar-refractivity contribution in [3.8, 4) is 0 Å².